The van der Waals surface area contributed by atoms with Gasteiger partial charge in [0, 0.05) is 17.1 Å². The van der Waals surface area contributed by atoms with Crippen molar-refractivity contribution in [3.63, 3.8) is 0 Å². The number of halogens is 1. The number of carbonyl (C=O) groups is 1. The van der Waals surface area contributed by atoms with Gasteiger partial charge in [0.1, 0.15) is 6.10 Å². The predicted octanol–water partition coefficient (Wildman–Crippen LogP) is 10.3. The molecule has 0 aromatic heterocycles. The number of hydrogen-bond acceptors (Lipinski definition) is 2. The molecule has 0 unspecified atom stereocenters. The van der Waals surface area contributed by atoms with E-state index in [4.69, 9.17) is 16.3 Å². The Morgan fingerprint density at radius 1 is 1.03 bits per heavy atom. The van der Waals surface area contributed by atoms with Gasteiger partial charge in [-0.25, -0.2) is 4.79 Å². The van der Waals surface area contributed by atoms with Crippen LogP contribution in [-0.4, -0.2) is 12.2 Å². The van der Waals surface area contributed by atoms with Crippen LogP contribution in [0.25, 0.3) is 0 Å². The summed E-state index contributed by atoms with van der Waals surface area (Å²) >= 11 is 5.97. The summed E-state index contributed by atoms with van der Waals surface area (Å²) in [4.78, 5) is 12.6. The molecule has 5 rings (SSSR count). The molecule has 1 aromatic rings. The molecule has 1 aromatic carbocycles. The highest BCUT2D eigenvalue weighted by molar-refractivity contribution is 6.30. The maximum atomic E-state index is 12.6. The number of carbonyl (C=O) groups excluding carboxylic acids is 1. The van der Waals surface area contributed by atoms with E-state index in [1.165, 1.54) is 51.4 Å². The summed E-state index contributed by atoms with van der Waals surface area (Å²) < 4.78 is 5.90. The van der Waals surface area contributed by atoms with Crippen molar-refractivity contribution in [2.75, 3.05) is 5.32 Å². The minimum atomic E-state index is -0.358. The zero-order valence-electron chi connectivity index (χ0n) is 24.4. The minimum Gasteiger partial charge on any atom is -0.446 e. The fourth-order valence-corrected chi connectivity index (χ4v) is 9.71. The number of anilines is 1. The van der Waals surface area contributed by atoms with Crippen molar-refractivity contribution in [1.29, 1.82) is 0 Å². The van der Waals surface area contributed by atoms with Crippen LogP contribution in [0.5, 0.6) is 0 Å². The highest BCUT2D eigenvalue weighted by Crippen LogP contribution is 2.67. The number of fused-ring (bicyclic) bond motifs is 5. The monoisotopic (exact) mass is 539 g/mol. The van der Waals surface area contributed by atoms with Gasteiger partial charge in [-0.2, -0.15) is 0 Å². The molecule has 0 spiro atoms. The lowest BCUT2D eigenvalue weighted by molar-refractivity contribution is -0.0577. The van der Waals surface area contributed by atoms with Crippen LogP contribution < -0.4 is 5.32 Å². The molecule has 1 amide bonds. The van der Waals surface area contributed by atoms with Gasteiger partial charge in [0.2, 0.25) is 0 Å². The summed E-state index contributed by atoms with van der Waals surface area (Å²) in [6.45, 7) is 12.5. The quantitative estimate of drug-likeness (QED) is 0.350. The van der Waals surface area contributed by atoms with Crippen molar-refractivity contribution in [2.24, 2.45) is 46.3 Å². The molecule has 0 bridgehead atoms. The highest BCUT2D eigenvalue weighted by atomic mass is 35.5. The van der Waals surface area contributed by atoms with E-state index >= 15 is 0 Å². The van der Waals surface area contributed by atoms with E-state index in [1.54, 1.807) is 17.7 Å². The lowest BCUT2D eigenvalue weighted by Crippen LogP contribution is -2.51. The van der Waals surface area contributed by atoms with E-state index in [9.17, 15) is 4.79 Å². The van der Waals surface area contributed by atoms with Gasteiger partial charge < -0.3 is 4.74 Å². The largest absolute Gasteiger partial charge is 0.446 e. The Labute approximate surface area is 236 Å². The van der Waals surface area contributed by atoms with Crippen molar-refractivity contribution in [2.45, 2.75) is 111 Å². The first-order chi connectivity index (χ1) is 18.1. The van der Waals surface area contributed by atoms with Crippen molar-refractivity contribution in [3.8, 4) is 0 Å². The van der Waals surface area contributed by atoms with Crippen LogP contribution in [0.15, 0.2) is 35.9 Å². The van der Waals surface area contributed by atoms with Crippen LogP contribution in [0.3, 0.4) is 0 Å². The molecule has 0 saturated heterocycles. The summed E-state index contributed by atoms with van der Waals surface area (Å²) in [6.07, 6.45) is 16.3. The van der Waals surface area contributed by atoms with E-state index in [-0.39, 0.29) is 17.6 Å². The first-order valence-corrected chi connectivity index (χ1v) is 15.9. The van der Waals surface area contributed by atoms with Gasteiger partial charge in [-0.1, -0.05) is 77.1 Å². The second-order valence-electron chi connectivity index (χ2n) is 14.2. The normalized spacial score (nSPS) is 37.0. The van der Waals surface area contributed by atoms with E-state index in [2.05, 4.69) is 46.0 Å². The molecule has 8 atom stereocenters. The van der Waals surface area contributed by atoms with Gasteiger partial charge in [-0.05, 0) is 116 Å². The average Bonchev–Trinajstić information content (AvgIpc) is 3.23. The molecule has 0 heterocycles. The van der Waals surface area contributed by atoms with Gasteiger partial charge in [0.15, 0.2) is 0 Å². The summed E-state index contributed by atoms with van der Waals surface area (Å²) in [5.41, 5.74) is 3.08. The lowest BCUT2D eigenvalue weighted by Gasteiger charge is -2.58. The fraction of sp³-hybridized carbons (Fsp3) is 0.735. The summed E-state index contributed by atoms with van der Waals surface area (Å²) in [6, 6.07) is 7.17. The first kappa shape index (κ1) is 28.1. The zero-order chi connectivity index (χ0) is 27.1. The molecule has 3 saturated carbocycles. The fourth-order valence-electron chi connectivity index (χ4n) is 9.58. The molecular formula is C34H50ClNO2. The highest BCUT2D eigenvalue weighted by Gasteiger charge is 2.59. The SMILES string of the molecule is CC(C)CCC[C@@H](C)[C@@H]1CC[C@@H]2[C@H]3CC=C4C[C@@H](OC(=O)Nc5ccc(Cl)cc5)CC[C@]4(C)[C@@H]3CC[C@]21C. The van der Waals surface area contributed by atoms with Gasteiger partial charge in [0.25, 0.3) is 0 Å². The first-order valence-electron chi connectivity index (χ1n) is 15.5. The molecule has 210 valence electrons. The second-order valence-corrected chi connectivity index (χ2v) is 14.6. The topological polar surface area (TPSA) is 38.3 Å². The molecule has 4 heteroatoms. The molecule has 3 fully saturated rings. The van der Waals surface area contributed by atoms with Crippen molar-refractivity contribution in [3.05, 3.63) is 40.9 Å². The van der Waals surface area contributed by atoms with Gasteiger partial charge >= 0.3 is 6.09 Å². The van der Waals surface area contributed by atoms with Crippen LogP contribution in [0.1, 0.15) is 105 Å². The second kappa shape index (κ2) is 11.2. The Morgan fingerprint density at radius 2 is 1.79 bits per heavy atom. The van der Waals surface area contributed by atoms with Gasteiger partial charge in [-0.3, -0.25) is 5.32 Å². The van der Waals surface area contributed by atoms with Crippen LogP contribution >= 0.6 is 11.6 Å². The average molecular weight is 540 g/mol. The maximum absolute atomic E-state index is 12.6. The van der Waals surface area contributed by atoms with Crippen molar-refractivity contribution < 1.29 is 9.53 Å². The minimum absolute atomic E-state index is 0.0328. The molecule has 38 heavy (non-hydrogen) atoms. The molecule has 0 radical (unpaired) electrons. The smallest absolute Gasteiger partial charge is 0.411 e. The molecule has 3 nitrogen and oxygen atoms in total. The molecule has 1 N–H and O–H groups in total. The Morgan fingerprint density at radius 3 is 2.53 bits per heavy atom. The van der Waals surface area contributed by atoms with E-state index in [1.807, 2.05) is 12.1 Å². The van der Waals surface area contributed by atoms with Crippen molar-refractivity contribution >= 4 is 23.4 Å². The third-order valence-corrected chi connectivity index (χ3v) is 11.9. The van der Waals surface area contributed by atoms with E-state index in [0.29, 0.717) is 16.1 Å². The maximum Gasteiger partial charge on any atom is 0.411 e. The third-order valence-electron chi connectivity index (χ3n) is 11.6. The Hall–Kier alpha value is -1.48. The Bertz CT molecular complexity index is 1020. The number of rotatable bonds is 7. The number of nitrogens with one attached hydrogen (secondary N) is 1. The molecular weight excluding hydrogens is 490 g/mol. The van der Waals surface area contributed by atoms with Gasteiger partial charge in [0.05, 0.1) is 0 Å². The van der Waals surface area contributed by atoms with Gasteiger partial charge in [-0.15, -0.1) is 0 Å². The molecule has 4 aliphatic carbocycles. The lowest BCUT2D eigenvalue weighted by atomic mass is 9.47. The van der Waals surface area contributed by atoms with E-state index in [0.717, 1.165) is 54.8 Å². The third kappa shape index (κ3) is 5.43. The standard InChI is InChI=1S/C34H50ClNO2/c1-22(2)7-6-8-23(3)29-15-16-30-28-14-9-24-21-27(38-32(37)36-26-12-10-25(35)11-13-26)17-19-33(24,4)31(28)18-20-34(29,30)5/h9-13,22-23,27-31H,6-8,14-21H2,1-5H3,(H,36,37)/t23-,27+,28-,29+,30-,31-,33+,34+/m1/s1. The summed E-state index contributed by atoms with van der Waals surface area (Å²) in [5.74, 6) is 5.10. The van der Waals surface area contributed by atoms with Crippen LogP contribution in [0, 0.1) is 46.3 Å². The Kier molecular flexibility index (Phi) is 8.26. The number of hydrogen-bond donors (Lipinski definition) is 1. The van der Waals surface area contributed by atoms with Crippen molar-refractivity contribution in [1.82, 2.24) is 0 Å². The molecule has 4 aliphatic rings. The summed E-state index contributed by atoms with van der Waals surface area (Å²) in [7, 11) is 0. The number of benzene rings is 1. The van der Waals surface area contributed by atoms with Crippen LogP contribution in [-0.2, 0) is 4.74 Å². The van der Waals surface area contributed by atoms with E-state index < -0.39 is 0 Å². The number of ether oxygens (including phenoxy) is 1. The number of amides is 1. The van der Waals surface area contributed by atoms with Crippen LogP contribution in [0.4, 0.5) is 10.5 Å². The Balaban J connectivity index is 1.21. The molecule has 0 aliphatic heterocycles. The van der Waals surface area contributed by atoms with Crippen LogP contribution in [0.2, 0.25) is 5.02 Å². The predicted molar refractivity (Wildman–Crippen MR) is 158 cm³/mol. The summed E-state index contributed by atoms with van der Waals surface area (Å²) in [5, 5.41) is 3.52. The number of allylic oxidation sites excluding steroid dienone is 1. The zero-order valence-corrected chi connectivity index (χ0v) is 25.2.